The van der Waals surface area contributed by atoms with Gasteiger partial charge in [-0.15, -0.1) is 0 Å². The number of rotatable bonds is 7. The van der Waals surface area contributed by atoms with Crippen molar-refractivity contribution in [2.75, 3.05) is 12.4 Å². The number of anilines is 1. The largest absolute Gasteiger partial charge is 0.508 e. The third kappa shape index (κ3) is 6.02. The molecule has 0 radical (unpaired) electrons. The number of hydrogen-bond donors (Lipinski definition) is 2. The summed E-state index contributed by atoms with van der Waals surface area (Å²) in [7, 11) is 1.56. The number of phenolic OH excluding ortho intramolecular Hbond substituents is 1. The van der Waals surface area contributed by atoms with E-state index in [1.165, 1.54) is 18.2 Å². The number of halogens is 1. The molecular formula is C23H20ClNO4. The van der Waals surface area contributed by atoms with E-state index in [0.717, 1.165) is 11.1 Å². The van der Waals surface area contributed by atoms with Crippen LogP contribution in [0.15, 0.2) is 72.8 Å². The Kier molecular flexibility index (Phi) is 6.76. The Morgan fingerprint density at radius 2 is 1.76 bits per heavy atom. The number of aromatic hydroxyl groups is 1. The number of ether oxygens (including phenoxy) is 2. The molecule has 0 aromatic heterocycles. The minimum absolute atomic E-state index is 0.143. The third-order valence-corrected chi connectivity index (χ3v) is 4.31. The van der Waals surface area contributed by atoms with Gasteiger partial charge in [-0.05, 0) is 65.7 Å². The van der Waals surface area contributed by atoms with Gasteiger partial charge < -0.3 is 19.9 Å². The van der Waals surface area contributed by atoms with Crippen LogP contribution in [0.1, 0.15) is 11.1 Å². The van der Waals surface area contributed by atoms with Gasteiger partial charge in [0.15, 0.2) is 11.5 Å². The maximum Gasteiger partial charge on any atom is 0.248 e. The van der Waals surface area contributed by atoms with Crippen molar-refractivity contribution in [2.24, 2.45) is 0 Å². The van der Waals surface area contributed by atoms with E-state index in [-0.39, 0.29) is 11.7 Å². The number of benzene rings is 3. The minimum Gasteiger partial charge on any atom is -0.508 e. The van der Waals surface area contributed by atoms with Crippen molar-refractivity contribution in [3.05, 3.63) is 89.0 Å². The Morgan fingerprint density at radius 1 is 1.03 bits per heavy atom. The molecule has 29 heavy (non-hydrogen) atoms. The van der Waals surface area contributed by atoms with E-state index < -0.39 is 0 Å². The summed E-state index contributed by atoms with van der Waals surface area (Å²) in [5.41, 5.74) is 2.38. The van der Waals surface area contributed by atoms with Crippen molar-refractivity contribution < 1.29 is 19.4 Å². The molecule has 0 atom stereocenters. The predicted molar refractivity (Wildman–Crippen MR) is 115 cm³/mol. The first kappa shape index (κ1) is 20.3. The lowest BCUT2D eigenvalue weighted by Crippen LogP contribution is -2.07. The molecule has 0 saturated heterocycles. The first-order chi connectivity index (χ1) is 14.0. The molecule has 0 aliphatic carbocycles. The second-order valence-electron chi connectivity index (χ2n) is 6.19. The summed E-state index contributed by atoms with van der Waals surface area (Å²) >= 11 is 5.89. The van der Waals surface area contributed by atoms with Crippen LogP contribution < -0.4 is 14.8 Å². The quantitative estimate of drug-likeness (QED) is 0.411. The normalized spacial score (nSPS) is 10.7. The maximum atomic E-state index is 12.0. The summed E-state index contributed by atoms with van der Waals surface area (Å²) in [5, 5.41) is 12.7. The van der Waals surface area contributed by atoms with Crippen LogP contribution >= 0.6 is 11.6 Å². The number of amides is 1. The molecule has 6 heteroatoms. The number of carbonyl (C=O) groups is 1. The molecule has 0 aliphatic rings. The van der Waals surface area contributed by atoms with E-state index in [0.29, 0.717) is 28.8 Å². The molecule has 0 spiro atoms. The second kappa shape index (κ2) is 9.66. The van der Waals surface area contributed by atoms with Gasteiger partial charge in [0, 0.05) is 16.8 Å². The summed E-state index contributed by atoms with van der Waals surface area (Å²) < 4.78 is 11.2. The number of phenols is 1. The van der Waals surface area contributed by atoms with Crippen LogP contribution in [0.4, 0.5) is 5.69 Å². The lowest BCUT2D eigenvalue weighted by atomic mass is 10.2. The first-order valence-electron chi connectivity index (χ1n) is 8.87. The molecule has 0 bridgehead atoms. The molecule has 0 saturated carbocycles. The van der Waals surface area contributed by atoms with E-state index in [1.54, 1.807) is 37.5 Å². The van der Waals surface area contributed by atoms with Crippen LogP contribution in [-0.4, -0.2) is 18.1 Å². The maximum absolute atomic E-state index is 12.0. The van der Waals surface area contributed by atoms with Crippen molar-refractivity contribution >= 4 is 29.3 Å². The van der Waals surface area contributed by atoms with Crippen LogP contribution in [0.2, 0.25) is 5.02 Å². The Balaban J connectivity index is 1.62. The highest BCUT2D eigenvalue weighted by atomic mass is 35.5. The number of carbonyl (C=O) groups excluding carboxylic acids is 1. The Labute approximate surface area is 174 Å². The van der Waals surface area contributed by atoms with Gasteiger partial charge in [0.25, 0.3) is 0 Å². The van der Waals surface area contributed by atoms with E-state index in [1.807, 2.05) is 30.3 Å². The molecule has 2 N–H and O–H groups in total. The topological polar surface area (TPSA) is 67.8 Å². The highest BCUT2D eigenvalue weighted by Crippen LogP contribution is 2.29. The molecule has 0 heterocycles. The zero-order chi connectivity index (χ0) is 20.6. The zero-order valence-corrected chi connectivity index (χ0v) is 16.5. The fourth-order valence-corrected chi connectivity index (χ4v) is 2.68. The van der Waals surface area contributed by atoms with Crippen LogP contribution in [0, 0.1) is 0 Å². The van der Waals surface area contributed by atoms with Gasteiger partial charge >= 0.3 is 0 Å². The third-order valence-electron chi connectivity index (χ3n) is 4.06. The van der Waals surface area contributed by atoms with E-state index >= 15 is 0 Å². The van der Waals surface area contributed by atoms with Crippen molar-refractivity contribution in [3.8, 4) is 17.2 Å². The Hall–Kier alpha value is -3.44. The van der Waals surface area contributed by atoms with Crippen LogP contribution in [0.3, 0.4) is 0 Å². The molecule has 0 aliphatic heterocycles. The highest BCUT2D eigenvalue weighted by Gasteiger charge is 2.06. The number of hydrogen-bond acceptors (Lipinski definition) is 4. The standard InChI is InChI=1S/C23H20ClNO4/c1-28-22-14-16(5-13-23(27)25-19-8-10-20(26)11-9-19)4-12-21(22)29-15-17-2-6-18(24)7-3-17/h2-14,26H,15H2,1H3,(H,25,27)/b13-5+. The molecular weight excluding hydrogens is 390 g/mol. The summed E-state index contributed by atoms with van der Waals surface area (Å²) in [6, 6.07) is 19.1. The fraction of sp³-hybridized carbons (Fsp3) is 0.0870. The predicted octanol–water partition coefficient (Wildman–Crippen LogP) is 5.29. The summed E-state index contributed by atoms with van der Waals surface area (Å²) in [6.07, 6.45) is 3.11. The summed E-state index contributed by atoms with van der Waals surface area (Å²) in [6.45, 7) is 0.387. The van der Waals surface area contributed by atoms with Gasteiger partial charge in [0.1, 0.15) is 12.4 Å². The fourth-order valence-electron chi connectivity index (χ4n) is 2.55. The molecule has 3 aromatic rings. The van der Waals surface area contributed by atoms with Crippen molar-refractivity contribution in [1.82, 2.24) is 0 Å². The van der Waals surface area contributed by atoms with Gasteiger partial charge in [0.2, 0.25) is 5.91 Å². The van der Waals surface area contributed by atoms with E-state index in [2.05, 4.69) is 5.32 Å². The lowest BCUT2D eigenvalue weighted by molar-refractivity contribution is -0.111. The Bertz CT molecular complexity index is 998. The van der Waals surface area contributed by atoms with Crippen LogP contribution in [0.25, 0.3) is 6.08 Å². The average molecular weight is 410 g/mol. The lowest BCUT2D eigenvalue weighted by Gasteiger charge is -2.11. The molecule has 3 rings (SSSR count). The number of nitrogens with one attached hydrogen (secondary N) is 1. The van der Waals surface area contributed by atoms with Crippen molar-refractivity contribution in [1.29, 1.82) is 0 Å². The zero-order valence-electron chi connectivity index (χ0n) is 15.8. The van der Waals surface area contributed by atoms with E-state index in [9.17, 15) is 9.90 Å². The van der Waals surface area contributed by atoms with Gasteiger partial charge in [-0.2, -0.15) is 0 Å². The summed E-state index contributed by atoms with van der Waals surface area (Å²) in [4.78, 5) is 12.0. The average Bonchev–Trinajstić information content (AvgIpc) is 2.74. The van der Waals surface area contributed by atoms with Crippen molar-refractivity contribution in [2.45, 2.75) is 6.61 Å². The van der Waals surface area contributed by atoms with Gasteiger partial charge in [-0.3, -0.25) is 4.79 Å². The minimum atomic E-state index is -0.280. The monoisotopic (exact) mass is 409 g/mol. The molecule has 1 amide bonds. The summed E-state index contributed by atoms with van der Waals surface area (Å²) in [5.74, 6) is 1.04. The Morgan fingerprint density at radius 3 is 2.45 bits per heavy atom. The molecule has 148 valence electrons. The van der Waals surface area contributed by atoms with Gasteiger partial charge in [-0.25, -0.2) is 0 Å². The first-order valence-corrected chi connectivity index (χ1v) is 9.24. The SMILES string of the molecule is COc1cc(/C=C/C(=O)Nc2ccc(O)cc2)ccc1OCc1ccc(Cl)cc1. The van der Waals surface area contributed by atoms with Crippen LogP contribution in [-0.2, 0) is 11.4 Å². The highest BCUT2D eigenvalue weighted by molar-refractivity contribution is 6.30. The molecule has 0 fully saturated rings. The van der Waals surface area contributed by atoms with Crippen LogP contribution in [0.5, 0.6) is 17.2 Å². The molecule has 5 nitrogen and oxygen atoms in total. The number of methoxy groups -OCH3 is 1. The molecule has 3 aromatic carbocycles. The molecule has 0 unspecified atom stereocenters. The second-order valence-corrected chi connectivity index (χ2v) is 6.63. The van der Waals surface area contributed by atoms with Crippen molar-refractivity contribution in [3.63, 3.8) is 0 Å². The smallest absolute Gasteiger partial charge is 0.248 e. The van der Waals surface area contributed by atoms with Gasteiger partial charge in [-0.1, -0.05) is 29.8 Å². The van der Waals surface area contributed by atoms with Gasteiger partial charge in [0.05, 0.1) is 7.11 Å². The van der Waals surface area contributed by atoms with E-state index in [4.69, 9.17) is 21.1 Å².